The Hall–Kier alpha value is -1.10. The highest BCUT2D eigenvalue weighted by Gasteiger charge is 2.09. The molecule has 0 fully saturated rings. The van der Waals surface area contributed by atoms with Gasteiger partial charge in [-0.25, -0.2) is 0 Å². The molecular weight excluding hydrogens is 252 g/mol. The molecule has 114 valence electrons. The topological polar surface area (TPSA) is 44.7 Å². The van der Waals surface area contributed by atoms with Crippen LogP contribution in [0.5, 0.6) is 5.75 Å². The Kier molecular flexibility index (Phi) is 7.59. The second-order valence-electron chi connectivity index (χ2n) is 5.66. The van der Waals surface area contributed by atoms with E-state index in [0.29, 0.717) is 19.1 Å². The molecule has 0 aromatic heterocycles. The highest BCUT2D eigenvalue weighted by molar-refractivity contribution is 5.35. The Bertz CT molecular complexity index is 380. The van der Waals surface area contributed by atoms with Crippen LogP contribution < -0.4 is 10.1 Å². The minimum absolute atomic E-state index is 0.318. The highest BCUT2D eigenvalue weighted by Crippen LogP contribution is 2.25. The van der Waals surface area contributed by atoms with Gasteiger partial charge >= 0.3 is 0 Å². The minimum atomic E-state index is -0.489. The van der Waals surface area contributed by atoms with Crippen molar-refractivity contribution in [1.29, 1.82) is 0 Å². The maximum Gasteiger partial charge on any atom is 0.122 e. The van der Waals surface area contributed by atoms with Crippen LogP contribution in [0.4, 0.5) is 0 Å². The molecule has 1 unspecified atom stereocenters. The third-order valence-electron chi connectivity index (χ3n) is 3.09. The molecule has 0 aliphatic rings. The van der Waals surface area contributed by atoms with E-state index in [1.807, 2.05) is 32.3 Å². The van der Waals surface area contributed by atoms with Crippen LogP contribution in [0.1, 0.15) is 25.3 Å². The lowest BCUT2D eigenvalue weighted by molar-refractivity contribution is 0.105. The number of ether oxygens (including phenoxy) is 1. The number of benzene rings is 1. The van der Waals surface area contributed by atoms with Crippen LogP contribution in [0.3, 0.4) is 0 Å². The lowest BCUT2D eigenvalue weighted by Gasteiger charge is -2.17. The summed E-state index contributed by atoms with van der Waals surface area (Å²) in [6.45, 7) is 6.98. The van der Waals surface area contributed by atoms with E-state index in [0.717, 1.165) is 18.8 Å². The first-order valence-corrected chi connectivity index (χ1v) is 7.26. The summed E-state index contributed by atoms with van der Waals surface area (Å²) in [5.41, 5.74) is 1.18. The van der Waals surface area contributed by atoms with Gasteiger partial charge in [0.1, 0.15) is 18.5 Å². The monoisotopic (exact) mass is 280 g/mol. The first kappa shape index (κ1) is 17.0. The predicted octanol–water partition coefficient (Wildman–Crippen LogP) is 1.70. The van der Waals surface area contributed by atoms with Crippen molar-refractivity contribution in [1.82, 2.24) is 10.2 Å². The molecule has 1 aromatic carbocycles. The van der Waals surface area contributed by atoms with Crippen LogP contribution in [0, 0.1) is 0 Å². The standard InChI is InChI=1S/C16H28N2O2/c1-13(2)15-7-5-6-8-16(15)20-12-14(19)11-17-9-10-18(3)4/h5-8,13-14,17,19H,9-12H2,1-4H3. The molecule has 2 N–H and O–H groups in total. The fraction of sp³-hybridized carbons (Fsp3) is 0.625. The number of nitrogens with zero attached hydrogens (tertiary/aromatic N) is 1. The number of nitrogens with one attached hydrogen (secondary N) is 1. The van der Waals surface area contributed by atoms with Crippen LogP contribution in [-0.4, -0.2) is 56.4 Å². The summed E-state index contributed by atoms with van der Waals surface area (Å²) in [5.74, 6) is 1.29. The van der Waals surface area contributed by atoms with Gasteiger partial charge in [0.25, 0.3) is 0 Å². The summed E-state index contributed by atoms with van der Waals surface area (Å²) < 4.78 is 5.74. The molecule has 0 saturated carbocycles. The molecule has 0 bridgehead atoms. The van der Waals surface area contributed by atoms with Crippen molar-refractivity contribution in [2.75, 3.05) is 40.3 Å². The van der Waals surface area contributed by atoms with E-state index in [1.165, 1.54) is 5.56 Å². The molecule has 1 rings (SSSR count). The summed E-state index contributed by atoms with van der Waals surface area (Å²) in [7, 11) is 4.06. The zero-order chi connectivity index (χ0) is 15.0. The van der Waals surface area contributed by atoms with Crippen LogP contribution >= 0.6 is 0 Å². The van der Waals surface area contributed by atoms with Crippen molar-refractivity contribution >= 4 is 0 Å². The molecule has 0 aliphatic carbocycles. The van der Waals surface area contributed by atoms with Gasteiger partial charge in [0.05, 0.1) is 0 Å². The van der Waals surface area contributed by atoms with Gasteiger partial charge in [-0.05, 0) is 31.6 Å². The number of hydrogen-bond donors (Lipinski definition) is 2. The first-order valence-electron chi connectivity index (χ1n) is 7.26. The Morgan fingerprint density at radius 2 is 1.95 bits per heavy atom. The van der Waals surface area contributed by atoms with Crippen molar-refractivity contribution in [3.05, 3.63) is 29.8 Å². The number of aliphatic hydroxyl groups is 1. The van der Waals surface area contributed by atoms with Crippen molar-refractivity contribution in [2.45, 2.75) is 25.9 Å². The average Bonchev–Trinajstić information content (AvgIpc) is 2.41. The molecule has 0 spiro atoms. The fourth-order valence-corrected chi connectivity index (χ4v) is 1.91. The third-order valence-corrected chi connectivity index (χ3v) is 3.09. The molecule has 4 heteroatoms. The third kappa shape index (κ3) is 6.37. The second-order valence-corrected chi connectivity index (χ2v) is 5.66. The van der Waals surface area contributed by atoms with E-state index in [4.69, 9.17) is 4.74 Å². The van der Waals surface area contributed by atoms with Gasteiger partial charge in [-0.3, -0.25) is 0 Å². The molecule has 1 aromatic rings. The molecule has 0 heterocycles. The van der Waals surface area contributed by atoms with Crippen LogP contribution in [0.15, 0.2) is 24.3 Å². The van der Waals surface area contributed by atoms with Crippen LogP contribution in [0.2, 0.25) is 0 Å². The summed E-state index contributed by atoms with van der Waals surface area (Å²) in [5, 5.41) is 13.1. The van der Waals surface area contributed by atoms with E-state index in [2.05, 4.69) is 30.1 Å². The first-order chi connectivity index (χ1) is 9.50. The van der Waals surface area contributed by atoms with E-state index < -0.39 is 6.10 Å². The molecule has 0 radical (unpaired) electrons. The largest absolute Gasteiger partial charge is 0.491 e. The summed E-state index contributed by atoms with van der Waals surface area (Å²) in [6, 6.07) is 8.01. The highest BCUT2D eigenvalue weighted by atomic mass is 16.5. The molecule has 0 saturated heterocycles. The van der Waals surface area contributed by atoms with Gasteiger partial charge in [-0.15, -0.1) is 0 Å². The number of rotatable bonds is 9. The Morgan fingerprint density at radius 3 is 2.60 bits per heavy atom. The van der Waals surface area contributed by atoms with E-state index in [9.17, 15) is 5.11 Å². The normalized spacial score (nSPS) is 12.9. The average molecular weight is 280 g/mol. The van der Waals surface area contributed by atoms with Gasteiger partial charge in [0, 0.05) is 19.6 Å². The molecule has 4 nitrogen and oxygen atoms in total. The van der Waals surface area contributed by atoms with Gasteiger partial charge in [-0.2, -0.15) is 0 Å². The zero-order valence-corrected chi connectivity index (χ0v) is 13.1. The van der Waals surface area contributed by atoms with Crippen LogP contribution in [-0.2, 0) is 0 Å². The quantitative estimate of drug-likeness (QED) is 0.676. The summed E-state index contributed by atoms with van der Waals surface area (Å²) in [6.07, 6.45) is -0.489. The van der Waals surface area contributed by atoms with Crippen LogP contribution in [0.25, 0.3) is 0 Å². The van der Waals surface area contributed by atoms with E-state index in [1.54, 1.807) is 0 Å². The number of hydrogen-bond acceptors (Lipinski definition) is 4. The molecule has 0 amide bonds. The summed E-state index contributed by atoms with van der Waals surface area (Å²) in [4.78, 5) is 2.11. The molecule has 1 atom stereocenters. The van der Waals surface area contributed by atoms with E-state index in [-0.39, 0.29) is 0 Å². The SMILES string of the molecule is CC(C)c1ccccc1OCC(O)CNCCN(C)C. The van der Waals surface area contributed by atoms with Crippen molar-refractivity contribution in [3.63, 3.8) is 0 Å². The lowest BCUT2D eigenvalue weighted by atomic mass is 10.0. The fourth-order valence-electron chi connectivity index (χ4n) is 1.91. The lowest BCUT2D eigenvalue weighted by Crippen LogP contribution is -2.35. The molecular formula is C16H28N2O2. The summed E-state index contributed by atoms with van der Waals surface area (Å²) >= 11 is 0. The van der Waals surface area contributed by atoms with Gasteiger partial charge in [0.15, 0.2) is 0 Å². The van der Waals surface area contributed by atoms with E-state index >= 15 is 0 Å². The van der Waals surface area contributed by atoms with Crippen molar-refractivity contribution < 1.29 is 9.84 Å². The van der Waals surface area contributed by atoms with Gasteiger partial charge in [0.2, 0.25) is 0 Å². The zero-order valence-electron chi connectivity index (χ0n) is 13.1. The Morgan fingerprint density at radius 1 is 1.25 bits per heavy atom. The van der Waals surface area contributed by atoms with Gasteiger partial charge in [-0.1, -0.05) is 32.0 Å². The smallest absolute Gasteiger partial charge is 0.122 e. The number of para-hydroxylation sites is 1. The van der Waals surface area contributed by atoms with Gasteiger partial charge < -0.3 is 20.1 Å². The number of likely N-dealkylation sites (N-methyl/N-ethyl adjacent to an activating group) is 1. The molecule has 0 aliphatic heterocycles. The van der Waals surface area contributed by atoms with Crippen molar-refractivity contribution in [3.8, 4) is 5.75 Å². The maximum absolute atomic E-state index is 9.90. The second kappa shape index (κ2) is 8.95. The Balaban J connectivity index is 2.32. The predicted molar refractivity (Wildman–Crippen MR) is 83.5 cm³/mol. The molecule has 20 heavy (non-hydrogen) atoms. The van der Waals surface area contributed by atoms with Crippen molar-refractivity contribution in [2.24, 2.45) is 0 Å². The Labute approximate surface area is 122 Å². The number of aliphatic hydroxyl groups excluding tert-OH is 1. The minimum Gasteiger partial charge on any atom is -0.491 e. The maximum atomic E-state index is 9.90.